The average Bonchev–Trinajstić information content (AvgIpc) is 3.57. The maximum Gasteiger partial charge on any atom is 0.237 e. The van der Waals surface area contributed by atoms with Gasteiger partial charge in [0.25, 0.3) is 0 Å². The summed E-state index contributed by atoms with van der Waals surface area (Å²) < 4.78 is 2.15. The van der Waals surface area contributed by atoms with Gasteiger partial charge in [-0.05, 0) is 37.5 Å². The molecule has 1 atom stereocenters. The summed E-state index contributed by atoms with van der Waals surface area (Å²) >= 11 is 1.41. The van der Waals surface area contributed by atoms with E-state index in [2.05, 4.69) is 32.2 Å². The van der Waals surface area contributed by atoms with E-state index in [0.29, 0.717) is 18.2 Å². The first-order chi connectivity index (χ1) is 15.6. The molecule has 5 rings (SSSR count). The second-order valence-corrected chi connectivity index (χ2v) is 9.30. The predicted octanol–water partition coefficient (Wildman–Crippen LogP) is 4.06. The first-order valence-corrected chi connectivity index (χ1v) is 11.9. The van der Waals surface area contributed by atoms with Crippen LogP contribution in [0.4, 0.5) is 11.4 Å². The summed E-state index contributed by atoms with van der Waals surface area (Å²) in [6, 6.07) is 17.5. The van der Waals surface area contributed by atoms with E-state index in [9.17, 15) is 9.59 Å². The number of anilines is 2. The van der Waals surface area contributed by atoms with Crippen molar-refractivity contribution >= 4 is 35.0 Å². The number of hydrogen-bond donors (Lipinski definition) is 1. The molecule has 3 aromatic rings. The van der Waals surface area contributed by atoms with Crippen LogP contribution in [0.5, 0.6) is 0 Å². The Morgan fingerprint density at radius 2 is 1.84 bits per heavy atom. The van der Waals surface area contributed by atoms with E-state index in [1.165, 1.54) is 17.3 Å². The molecule has 1 aromatic heterocycles. The Morgan fingerprint density at radius 1 is 1.09 bits per heavy atom. The van der Waals surface area contributed by atoms with Crippen LogP contribution in [0.2, 0.25) is 0 Å². The zero-order valence-corrected chi connectivity index (χ0v) is 18.7. The summed E-state index contributed by atoms with van der Waals surface area (Å²) in [5.41, 5.74) is 2.59. The Hall–Kier alpha value is -3.13. The van der Waals surface area contributed by atoms with Gasteiger partial charge in [-0.25, -0.2) is 0 Å². The molecule has 32 heavy (non-hydrogen) atoms. The van der Waals surface area contributed by atoms with Gasteiger partial charge in [0.2, 0.25) is 11.8 Å². The van der Waals surface area contributed by atoms with Crippen LogP contribution in [0.15, 0.2) is 59.8 Å². The summed E-state index contributed by atoms with van der Waals surface area (Å²) in [6.07, 6.45) is 2.54. The van der Waals surface area contributed by atoms with Gasteiger partial charge in [-0.2, -0.15) is 0 Å². The van der Waals surface area contributed by atoms with Gasteiger partial charge in [-0.15, -0.1) is 10.2 Å². The molecule has 1 fully saturated rings. The predicted molar refractivity (Wildman–Crippen MR) is 125 cm³/mol. The molecular weight excluding hydrogens is 422 g/mol. The first kappa shape index (κ1) is 20.8. The number of nitrogens with one attached hydrogen (secondary N) is 1. The van der Waals surface area contributed by atoms with Crippen LogP contribution in [0.3, 0.4) is 0 Å². The minimum Gasteiger partial charge on any atom is -0.324 e. The highest BCUT2D eigenvalue weighted by Crippen LogP contribution is 2.40. The number of nitrogens with zero attached hydrogens (tertiary/aromatic N) is 4. The van der Waals surface area contributed by atoms with Crippen LogP contribution in [-0.2, 0) is 16.1 Å². The largest absolute Gasteiger partial charge is 0.324 e. The molecule has 2 heterocycles. The molecular formula is C24H25N5O2S. The van der Waals surface area contributed by atoms with Gasteiger partial charge < -0.3 is 14.8 Å². The SMILES string of the molecule is CC1CC(=O)Nc2ccccc2N1C(=O)CSc1nnc(C2CC2)n1Cc1ccccc1. The van der Waals surface area contributed by atoms with E-state index < -0.39 is 0 Å². The minimum absolute atomic E-state index is 0.0475. The summed E-state index contributed by atoms with van der Waals surface area (Å²) in [5, 5.41) is 12.5. The van der Waals surface area contributed by atoms with Crippen LogP contribution >= 0.6 is 11.8 Å². The number of hydrogen-bond acceptors (Lipinski definition) is 5. The van der Waals surface area contributed by atoms with Crippen molar-refractivity contribution < 1.29 is 9.59 Å². The lowest BCUT2D eigenvalue weighted by atomic mass is 10.2. The molecule has 0 bridgehead atoms. The lowest BCUT2D eigenvalue weighted by Gasteiger charge is -2.27. The minimum atomic E-state index is -0.226. The molecule has 1 N–H and O–H groups in total. The lowest BCUT2D eigenvalue weighted by molar-refractivity contribution is -0.117. The number of amides is 2. The average molecular weight is 448 g/mol. The topological polar surface area (TPSA) is 80.1 Å². The zero-order valence-electron chi connectivity index (χ0n) is 17.9. The van der Waals surface area contributed by atoms with Crippen molar-refractivity contribution in [1.82, 2.24) is 14.8 Å². The molecule has 0 spiro atoms. The van der Waals surface area contributed by atoms with Gasteiger partial charge >= 0.3 is 0 Å². The fourth-order valence-corrected chi connectivity index (χ4v) is 4.93. The highest BCUT2D eigenvalue weighted by atomic mass is 32.2. The third-order valence-electron chi connectivity index (χ3n) is 5.82. The number of thioether (sulfide) groups is 1. The Morgan fingerprint density at radius 3 is 2.62 bits per heavy atom. The standard InChI is InChI=1S/C24H25N5O2S/c1-16-13-21(30)25-19-9-5-6-10-20(19)29(16)22(31)15-32-24-27-26-23(18-11-12-18)28(24)14-17-7-3-2-4-8-17/h2-10,16,18H,11-15H2,1H3,(H,25,30). The summed E-state index contributed by atoms with van der Waals surface area (Å²) in [4.78, 5) is 27.3. The normalized spacial score (nSPS) is 18.1. The van der Waals surface area contributed by atoms with Crippen molar-refractivity contribution in [2.24, 2.45) is 0 Å². The van der Waals surface area contributed by atoms with Gasteiger partial charge in [-0.1, -0.05) is 54.2 Å². The number of fused-ring (bicyclic) bond motifs is 1. The van der Waals surface area contributed by atoms with E-state index in [-0.39, 0.29) is 30.0 Å². The van der Waals surface area contributed by atoms with Crippen molar-refractivity contribution in [3.8, 4) is 0 Å². The van der Waals surface area contributed by atoms with Crippen molar-refractivity contribution in [2.45, 2.75) is 49.8 Å². The van der Waals surface area contributed by atoms with Crippen LogP contribution in [0.1, 0.15) is 43.5 Å². The molecule has 2 aliphatic rings. The molecule has 2 amide bonds. The van der Waals surface area contributed by atoms with Crippen LogP contribution in [-0.4, -0.2) is 38.4 Å². The van der Waals surface area contributed by atoms with Crippen molar-refractivity contribution in [3.05, 3.63) is 66.0 Å². The first-order valence-electron chi connectivity index (χ1n) is 10.9. The number of para-hydroxylation sites is 2. The zero-order chi connectivity index (χ0) is 22.1. The van der Waals surface area contributed by atoms with Crippen LogP contribution < -0.4 is 10.2 Å². The Labute approximate surface area is 191 Å². The van der Waals surface area contributed by atoms with Crippen LogP contribution in [0.25, 0.3) is 0 Å². The lowest BCUT2D eigenvalue weighted by Crippen LogP contribution is -2.40. The van der Waals surface area contributed by atoms with Gasteiger partial charge in [0, 0.05) is 18.4 Å². The van der Waals surface area contributed by atoms with Gasteiger partial charge in [0.05, 0.1) is 23.7 Å². The highest BCUT2D eigenvalue weighted by molar-refractivity contribution is 7.99. The number of rotatable bonds is 6. The van der Waals surface area contributed by atoms with Crippen molar-refractivity contribution in [1.29, 1.82) is 0 Å². The molecule has 0 saturated heterocycles. The Bertz CT molecular complexity index is 1140. The highest BCUT2D eigenvalue weighted by Gasteiger charge is 2.32. The van der Waals surface area contributed by atoms with E-state index in [1.807, 2.05) is 49.4 Å². The third kappa shape index (κ3) is 4.27. The molecule has 7 nitrogen and oxygen atoms in total. The summed E-state index contributed by atoms with van der Waals surface area (Å²) in [7, 11) is 0. The molecule has 2 aromatic carbocycles. The Kier molecular flexibility index (Phi) is 5.70. The molecule has 0 radical (unpaired) electrons. The van der Waals surface area contributed by atoms with Crippen LogP contribution in [0, 0.1) is 0 Å². The monoisotopic (exact) mass is 447 g/mol. The molecule has 1 unspecified atom stereocenters. The van der Waals surface area contributed by atoms with Crippen molar-refractivity contribution in [3.63, 3.8) is 0 Å². The number of carbonyl (C=O) groups excluding carboxylic acids is 2. The molecule has 164 valence electrons. The van der Waals surface area contributed by atoms with E-state index >= 15 is 0 Å². The van der Waals surface area contributed by atoms with E-state index in [1.54, 1.807) is 4.90 Å². The van der Waals surface area contributed by atoms with Gasteiger partial charge in [0.1, 0.15) is 5.82 Å². The molecule has 8 heteroatoms. The van der Waals surface area contributed by atoms with E-state index in [4.69, 9.17) is 0 Å². The second-order valence-electron chi connectivity index (χ2n) is 8.36. The summed E-state index contributed by atoms with van der Waals surface area (Å²) in [5.74, 6) is 1.57. The third-order valence-corrected chi connectivity index (χ3v) is 6.78. The van der Waals surface area contributed by atoms with Gasteiger partial charge in [-0.3, -0.25) is 9.59 Å². The fraction of sp³-hybridized carbons (Fsp3) is 0.333. The fourth-order valence-electron chi connectivity index (χ4n) is 4.13. The smallest absolute Gasteiger partial charge is 0.237 e. The van der Waals surface area contributed by atoms with Gasteiger partial charge in [0.15, 0.2) is 5.16 Å². The molecule has 1 aliphatic heterocycles. The molecule has 1 aliphatic carbocycles. The van der Waals surface area contributed by atoms with Crippen molar-refractivity contribution in [2.75, 3.05) is 16.0 Å². The number of carbonyl (C=O) groups is 2. The number of benzene rings is 2. The maximum atomic E-state index is 13.3. The van der Waals surface area contributed by atoms with E-state index in [0.717, 1.165) is 29.5 Å². The quantitative estimate of drug-likeness (QED) is 0.577. The summed E-state index contributed by atoms with van der Waals surface area (Å²) in [6.45, 7) is 2.60. The number of aromatic nitrogens is 3. The Balaban J connectivity index is 1.37. The molecule has 1 saturated carbocycles. The second kappa shape index (κ2) is 8.78. The maximum absolute atomic E-state index is 13.3.